The van der Waals surface area contributed by atoms with Crippen molar-refractivity contribution in [2.45, 2.75) is 64.6 Å². The number of hydrogen-bond acceptors (Lipinski definition) is 4. The van der Waals surface area contributed by atoms with Crippen molar-refractivity contribution in [1.29, 1.82) is 0 Å². The summed E-state index contributed by atoms with van der Waals surface area (Å²) in [7, 11) is -3.79. The molecule has 1 N–H and O–H groups in total. The number of aliphatic hydroxyl groups is 1. The van der Waals surface area contributed by atoms with E-state index in [1.54, 1.807) is 38.1 Å². The average Bonchev–Trinajstić information content (AvgIpc) is 2.36. The van der Waals surface area contributed by atoms with Crippen LogP contribution >= 0.6 is 0 Å². The van der Waals surface area contributed by atoms with Crippen molar-refractivity contribution in [3.8, 4) is 0 Å². The van der Waals surface area contributed by atoms with Crippen LogP contribution in [0.5, 0.6) is 0 Å². The van der Waals surface area contributed by atoms with Gasteiger partial charge in [0.05, 0.1) is 16.6 Å². The summed E-state index contributed by atoms with van der Waals surface area (Å²) in [6.45, 7) is 11.1. The van der Waals surface area contributed by atoms with Crippen molar-refractivity contribution in [3.05, 3.63) is 29.8 Å². The fourth-order valence-corrected chi connectivity index (χ4v) is 3.19. The van der Waals surface area contributed by atoms with Crippen molar-refractivity contribution in [2.75, 3.05) is 0 Å². The van der Waals surface area contributed by atoms with Gasteiger partial charge in [-0.2, -0.15) is 8.42 Å². The lowest BCUT2D eigenvalue weighted by molar-refractivity contribution is -0.00108. The third-order valence-electron chi connectivity index (χ3n) is 4.10. The lowest BCUT2D eigenvalue weighted by Crippen LogP contribution is -2.35. The highest BCUT2D eigenvalue weighted by molar-refractivity contribution is 7.86. The monoisotopic (exact) mass is 328 g/mol. The third kappa shape index (κ3) is 5.38. The van der Waals surface area contributed by atoms with Crippen molar-refractivity contribution in [3.63, 3.8) is 0 Å². The fourth-order valence-electron chi connectivity index (χ4n) is 1.98. The first-order chi connectivity index (χ1) is 9.93. The van der Waals surface area contributed by atoms with E-state index in [1.807, 2.05) is 27.7 Å². The summed E-state index contributed by atoms with van der Waals surface area (Å²) in [5.74, 6) is -0.0434. The molecule has 0 bridgehead atoms. The molecule has 1 aromatic rings. The highest BCUT2D eigenvalue weighted by Crippen LogP contribution is 2.27. The van der Waals surface area contributed by atoms with E-state index >= 15 is 0 Å². The molecule has 0 unspecified atom stereocenters. The van der Waals surface area contributed by atoms with Gasteiger partial charge in [0, 0.05) is 0 Å². The zero-order valence-electron chi connectivity index (χ0n) is 14.3. The second kappa shape index (κ2) is 7.11. The molecule has 0 aliphatic rings. The molecule has 0 saturated heterocycles. The molecule has 0 heterocycles. The molecule has 22 heavy (non-hydrogen) atoms. The highest BCUT2D eigenvalue weighted by Gasteiger charge is 2.30. The van der Waals surface area contributed by atoms with E-state index in [4.69, 9.17) is 4.18 Å². The lowest BCUT2D eigenvalue weighted by Gasteiger charge is -2.30. The van der Waals surface area contributed by atoms with Crippen LogP contribution in [-0.2, 0) is 14.3 Å². The third-order valence-corrected chi connectivity index (χ3v) is 5.45. The van der Waals surface area contributed by atoms with Crippen LogP contribution in [0.2, 0.25) is 0 Å². The Bertz CT molecular complexity index is 568. The largest absolute Gasteiger partial charge is 0.390 e. The van der Waals surface area contributed by atoms with Crippen molar-refractivity contribution in [1.82, 2.24) is 0 Å². The van der Waals surface area contributed by atoms with Gasteiger partial charge in [-0.1, -0.05) is 38.5 Å². The Kier molecular flexibility index (Phi) is 6.18. The van der Waals surface area contributed by atoms with Gasteiger partial charge in [-0.05, 0) is 51.2 Å². The summed E-state index contributed by atoms with van der Waals surface area (Å²) in [6, 6.07) is 6.61. The van der Waals surface area contributed by atoms with Gasteiger partial charge >= 0.3 is 0 Å². The molecule has 4 nitrogen and oxygen atoms in total. The minimum Gasteiger partial charge on any atom is -0.390 e. The van der Waals surface area contributed by atoms with Crippen LogP contribution in [0.25, 0.3) is 0 Å². The molecule has 0 spiro atoms. The summed E-state index contributed by atoms with van der Waals surface area (Å²) >= 11 is 0. The second-order valence-electron chi connectivity index (χ2n) is 6.94. The van der Waals surface area contributed by atoms with Gasteiger partial charge in [-0.3, -0.25) is 4.18 Å². The van der Waals surface area contributed by atoms with Gasteiger partial charge in [-0.15, -0.1) is 0 Å². The summed E-state index contributed by atoms with van der Waals surface area (Å²) < 4.78 is 30.3. The molecule has 2 atom stereocenters. The Morgan fingerprint density at radius 2 is 1.64 bits per heavy atom. The average molecular weight is 328 g/mol. The number of rotatable bonds is 7. The van der Waals surface area contributed by atoms with Gasteiger partial charge in [0.25, 0.3) is 10.1 Å². The molecule has 5 heteroatoms. The Morgan fingerprint density at radius 1 is 1.14 bits per heavy atom. The second-order valence-corrected chi connectivity index (χ2v) is 8.51. The van der Waals surface area contributed by atoms with E-state index in [0.717, 1.165) is 5.56 Å². The van der Waals surface area contributed by atoms with E-state index in [0.29, 0.717) is 6.42 Å². The molecular weight excluding hydrogens is 300 g/mol. The Balaban J connectivity index is 2.93. The van der Waals surface area contributed by atoms with Crippen LogP contribution in [-0.4, -0.2) is 25.2 Å². The first-order valence-corrected chi connectivity index (χ1v) is 9.06. The maximum atomic E-state index is 12.4. The van der Waals surface area contributed by atoms with Gasteiger partial charge in [0.15, 0.2) is 0 Å². The van der Waals surface area contributed by atoms with E-state index in [1.165, 1.54) is 0 Å². The summed E-state index contributed by atoms with van der Waals surface area (Å²) in [4.78, 5) is 0.166. The number of hydrogen-bond donors (Lipinski definition) is 1. The van der Waals surface area contributed by atoms with Crippen LogP contribution in [0.3, 0.4) is 0 Å². The Morgan fingerprint density at radius 3 is 2.05 bits per heavy atom. The van der Waals surface area contributed by atoms with Gasteiger partial charge in [0.2, 0.25) is 0 Å². The van der Waals surface area contributed by atoms with Crippen molar-refractivity contribution < 1.29 is 17.7 Å². The minimum atomic E-state index is -3.79. The summed E-state index contributed by atoms with van der Waals surface area (Å²) in [5, 5.41) is 10.1. The molecule has 0 aliphatic heterocycles. The van der Waals surface area contributed by atoms with Crippen LogP contribution in [0, 0.1) is 18.8 Å². The fraction of sp³-hybridized carbons (Fsp3) is 0.647. The summed E-state index contributed by atoms with van der Waals surface area (Å²) in [5.41, 5.74) is 0.124. The lowest BCUT2D eigenvalue weighted by atomic mass is 9.85. The first kappa shape index (κ1) is 19.1. The standard InChI is InChI=1S/C17H28O4S/c1-12(2)16(11-14(4)17(5,6)18)21-22(19,20)15-9-7-13(3)8-10-15/h7-10,12,14,16,18H,11H2,1-6H3/t14-,16-/m0/s1. The number of benzene rings is 1. The molecule has 0 fully saturated rings. The topological polar surface area (TPSA) is 63.6 Å². The molecule has 126 valence electrons. The highest BCUT2D eigenvalue weighted by atomic mass is 32.2. The molecule has 0 aromatic heterocycles. The van der Waals surface area contributed by atoms with Crippen molar-refractivity contribution in [2.24, 2.45) is 11.8 Å². The van der Waals surface area contributed by atoms with Gasteiger partial charge < -0.3 is 5.11 Å². The zero-order valence-corrected chi connectivity index (χ0v) is 15.1. The van der Waals surface area contributed by atoms with Crippen LogP contribution in [0.15, 0.2) is 29.2 Å². The Hall–Kier alpha value is -0.910. The van der Waals surface area contributed by atoms with Crippen LogP contribution < -0.4 is 0 Å². The summed E-state index contributed by atoms with van der Waals surface area (Å²) in [6.07, 6.45) is 0.0134. The van der Waals surface area contributed by atoms with Crippen LogP contribution in [0.4, 0.5) is 0 Å². The molecule has 1 aromatic carbocycles. The SMILES string of the molecule is Cc1ccc(S(=O)(=O)O[C@@H](C[C@H](C)C(C)(C)O)C(C)C)cc1. The maximum Gasteiger partial charge on any atom is 0.297 e. The minimum absolute atomic E-state index is 0.0324. The molecule has 0 amide bonds. The maximum absolute atomic E-state index is 12.4. The van der Waals surface area contributed by atoms with Gasteiger partial charge in [0.1, 0.15) is 0 Å². The van der Waals surface area contributed by atoms with Gasteiger partial charge in [-0.25, -0.2) is 0 Å². The smallest absolute Gasteiger partial charge is 0.297 e. The Labute approximate surface area is 134 Å². The molecule has 0 saturated carbocycles. The zero-order chi connectivity index (χ0) is 17.1. The molecule has 1 rings (SSSR count). The van der Waals surface area contributed by atoms with E-state index in [9.17, 15) is 13.5 Å². The molecule has 0 radical (unpaired) electrons. The molecular formula is C17H28O4S. The normalized spacial score (nSPS) is 15.8. The van der Waals surface area contributed by atoms with E-state index in [-0.39, 0.29) is 16.7 Å². The van der Waals surface area contributed by atoms with E-state index in [2.05, 4.69) is 0 Å². The predicted molar refractivity (Wildman–Crippen MR) is 88.2 cm³/mol. The van der Waals surface area contributed by atoms with Crippen LogP contribution in [0.1, 0.15) is 46.6 Å². The van der Waals surface area contributed by atoms with E-state index < -0.39 is 21.8 Å². The molecule has 0 aliphatic carbocycles. The quantitative estimate of drug-likeness (QED) is 0.778. The predicted octanol–water partition coefficient (Wildman–Crippen LogP) is 3.52. The van der Waals surface area contributed by atoms with Crippen molar-refractivity contribution >= 4 is 10.1 Å². The number of aryl methyl sites for hydroxylation is 1. The first-order valence-electron chi connectivity index (χ1n) is 7.66.